The van der Waals surface area contributed by atoms with Crippen LogP contribution in [0.5, 0.6) is 5.75 Å². The second kappa shape index (κ2) is 5.42. The lowest BCUT2D eigenvalue weighted by atomic mass is 10.1. The van der Waals surface area contributed by atoms with Crippen molar-refractivity contribution >= 4 is 11.5 Å². The molecule has 106 valence electrons. The molecule has 20 heavy (non-hydrogen) atoms. The van der Waals surface area contributed by atoms with Crippen molar-refractivity contribution < 1.29 is 9.47 Å². The van der Waals surface area contributed by atoms with Crippen LogP contribution in [-0.2, 0) is 4.74 Å². The number of hydrogen-bond acceptors (Lipinski definition) is 5. The Labute approximate surface area is 117 Å². The van der Waals surface area contributed by atoms with E-state index in [-0.39, 0.29) is 0 Å². The van der Waals surface area contributed by atoms with Gasteiger partial charge < -0.3 is 20.1 Å². The molecule has 1 aliphatic heterocycles. The summed E-state index contributed by atoms with van der Waals surface area (Å²) in [5, 5.41) is 6.90. The predicted molar refractivity (Wildman–Crippen MR) is 78.0 cm³/mol. The van der Waals surface area contributed by atoms with Gasteiger partial charge in [0, 0.05) is 30.4 Å². The van der Waals surface area contributed by atoms with E-state index in [0.29, 0.717) is 5.82 Å². The molecule has 0 unspecified atom stereocenters. The Balaban J connectivity index is 1.98. The van der Waals surface area contributed by atoms with E-state index in [2.05, 4.69) is 27.2 Å². The van der Waals surface area contributed by atoms with Crippen LogP contribution in [0.4, 0.5) is 11.5 Å². The zero-order valence-corrected chi connectivity index (χ0v) is 11.4. The first kappa shape index (κ1) is 12.8. The molecule has 6 nitrogen and oxygen atoms in total. The first-order valence-electron chi connectivity index (χ1n) is 6.60. The Morgan fingerprint density at radius 3 is 2.75 bits per heavy atom. The van der Waals surface area contributed by atoms with Gasteiger partial charge in [-0.3, -0.25) is 5.10 Å². The van der Waals surface area contributed by atoms with Crippen molar-refractivity contribution in [1.82, 2.24) is 10.2 Å². The average Bonchev–Trinajstić information content (AvgIpc) is 2.94. The van der Waals surface area contributed by atoms with Crippen molar-refractivity contribution in [1.29, 1.82) is 0 Å². The van der Waals surface area contributed by atoms with Crippen molar-refractivity contribution in [3.63, 3.8) is 0 Å². The molecule has 0 radical (unpaired) electrons. The third kappa shape index (κ3) is 2.42. The summed E-state index contributed by atoms with van der Waals surface area (Å²) in [7, 11) is 1.66. The van der Waals surface area contributed by atoms with E-state index < -0.39 is 0 Å². The van der Waals surface area contributed by atoms with Gasteiger partial charge in [-0.2, -0.15) is 5.10 Å². The maximum Gasteiger partial charge on any atom is 0.145 e. The van der Waals surface area contributed by atoms with Gasteiger partial charge in [0.25, 0.3) is 0 Å². The molecule has 0 bridgehead atoms. The normalized spacial score (nSPS) is 15.3. The lowest BCUT2D eigenvalue weighted by molar-refractivity contribution is 0.122. The van der Waals surface area contributed by atoms with Crippen molar-refractivity contribution in [3.8, 4) is 17.0 Å². The number of H-pyrrole nitrogens is 1. The van der Waals surface area contributed by atoms with Crippen LogP contribution < -0.4 is 15.4 Å². The topological polar surface area (TPSA) is 76.4 Å². The molecular weight excluding hydrogens is 256 g/mol. The summed E-state index contributed by atoms with van der Waals surface area (Å²) >= 11 is 0. The fourth-order valence-electron chi connectivity index (χ4n) is 2.40. The van der Waals surface area contributed by atoms with Gasteiger partial charge in [-0.25, -0.2) is 0 Å². The van der Waals surface area contributed by atoms with Crippen LogP contribution in [0, 0.1) is 0 Å². The fraction of sp³-hybridized carbons (Fsp3) is 0.357. The zero-order valence-electron chi connectivity index (χ0n) is 11.4. The molecule has 1 aromatic carbocycles. The summed E-state index contributed by atoms with van der Waals surface area (Å²) in [6.07, 6.45) is 0. The number of morpholine rings is 1. The van der Waals surface area contributed by atoms with Crippen LogP contribution >= 0.6 is 0 Å². The van der Waals surface area contributed by atoms with Crippen molar-refractivity contribution in [3.05, 3.63) is 24.3 Å². The number of nitrogens with one attached hydrogen (secondary N) is 1. The van der Waals surface area contributed by atoms with Gasteiger partial charge in [0.15, 0.2) is 0 Å². The van der Waals surface area contributed by atoms with E-state index in [4.69, 9.17) is 15.2 Å². The molecule has 0 amide bonds. The third-order valence-corrected chi connectivity index (χ3v) is 3.45. The summed E-state index contributed by atoms with van der Waals surface area (Å²) in [6.45, 7) is 3.32. The van der Waals surface area contributed by atoms with Crippen molar-refractivity contribution in [2.75, 3.05) is 44.0 Å². The molecule has 2 aromatic rings. The standard InChI is InChI=1S/C14H18N4O2/c1-19-13-3-2-10(18-4-6-20-7-5-18)8-11(13)12-9-14(15)17-16-12/h2-3,8-9H,4-7H2,1H3,(H3,15,16,17). The number of nitrogens with zero attached hydrogens (tertiary/aromatic N) is 2. The molecule has 0 spiro atoms. The number of anilines is 2. The number of benzene rings is 1. The Morgan fingerprint density at radius 1 is 1.30 bits per heavy atom. The number of nitrogens with two attached hydrogens (primary N) is 1. The average molecular weight is 274 g/mol. The number of rotatable bonds is 3. The summed E-state index contributed by atoms with van der Waals surface area (Å²) in [6, 6.07) is 7.93. The first-order valence-corrected chi connectivity index (χ1v) is 6.60. The Morgan fingerprint density at radius 2 is 2.10 bits per heavy atom. The maximum absolute atomic E-state index is 5.68. The molecule has 0 atom stereocenters. The zero-order chi connectivity index (χ0) is 13.9. The first-order chi connectivity index (χ1) is 9.78. The van der Waals surface area contributed by atoms with Gasteiger partial charge in [-0.1, -0.05) is 0 Å². The number of aromatic amines is 1. The van der Waals surface area contributed by atoms with Crippen LogP contribution in [0.3, 0.4) is 0 Å². The highest BCUT2D eigenvalue weighted by Crippen LogP contribution is 2.33. The molecule has 3 rings (SSSR count). The fourth-order valence-corrected chi connectivity index (χ4v) is 2.40. The van der Waals surface area contributed by atoms with Gasteiger partial charge in [-0.15, -0.1) is 0 Å². The highest BCUT2D eigenvalue weighted by molar-refractivity contribution is 5.73. The Kier molecular flexibility index (Phi) is 3.47. The quantitative estimate of drug-likeness (QED) is 0.887. The van der Waals surface area contributed by atoms with Crippen LogP contribution in [0.1, 0.15) is 0 Å². The van der Waals surface area contributed by atoms with E-state index >= 15 is 0 Å². The van der Waals surface area contributed by atoms with Gasteiger partial charge in [-0.05, 0) is 18.2 Å². The Bertz CT molecular complexity index is 591. The lowest BCUT2D eigenvalue weighted by Crippen LogP contribution is -2.36. The second-order valence-corrected chi connectivity index (χ2v) is 4.69. The SMILES string of the molecule is COc1ccc(N2CCOCC2)cc1-c1cc(N)n[nH]1. The van der Waals surface area contributed by atoms with Gasteiger partial charge >= 0.3 is 0 Å². The monoisotopic (exact) mass is 274 g/mol. The van der Waals surface area contributed by atoms with Gasteiger partial charge in [0.2, 0.25) is 0 Å². The number of nitrogen functional groups attached to an aromatic ring is 1. The molecule has 1 aromatic heterocycles. The number of hydrogen-bond donors (Lipinski definition) is 2. The minimum atomic E-state index is 0.471. The smallest absolute Gasteiger partial charge is 0.145 e. The minimum absolute atomic E-state index is 0.471. The van der Waals surface area contributed by atoms with E-state index in [1.165, 1.54) is 0 Å². The molecule has 1 saturated heterocycles. The van der Waals surface area contributed by atoms with Crippen LogP contribution in [0.25, 0.3) is 11.3 Å². The molecule has 0 saturated carbocycles. The highest BCUT2D eigenvalue weighted by Gasteiger charge is 2.15. The molecule has 0 aliphatic carbocycles. The van der Waals surface area contributed by atoms with E-state index in [1.807, 2.05) is 6.07 Å². The van der Waals surface area contributed by atoms with Gasteiger partial charge in [0.1, 0.15) is 11.6 Å². The largest absolute Gasteiger partial charge is 0.496 e. The Hall–Kier alpha value is -2.21. The highest BCUT2D eigenvalue weighted by atomic mass is 16.5. The summed E-state index contributed by atoms with van der Waals surface area (Å²) in [4.78, 5) is 2.30. The van der Waals surface area contributed by atoms with Crippen molar-refractivity contribution in [2.24, 2.45) is 0 Å². The number of ether oxygens (including phenoxy) is 2. The van der Waals surface area contributed by atoms with Crippen LogP contribution in [0.15, 0.2) is 24.3 Å². The van der Waals surface area contributed by atoms with E-state index in [9.17, 15) is 0 Å². The lowest BCUT2D eigenvalue weighted by Gasteiger charge is -2.29. The second-order valence-electron chi connectivity index (χ2n) is 4.69. The molecule has 6 heteroatoms. The number of methoxy groups -OCH3 is 1. The minimum Gasteiger partial charge on any atom is -0.496 e. The summed E-state index contributed by atoms with van der Waals surface area (Å²) in [5.74, 6) is 1.27. The summed E-state index contributed by atoms with van der Waals surface area (Å²) < 4.78 is 10.8. The third-order valence-electron chi connectivity index (χ3n) is 3.45. The van der Waals surface area contributed by atoms with Crippen LogP contribution in [-0.4, -0.2) is 43.6 Å². The molecular formula is C14H18N4O2. The van der Waals surface area contributed by atoms with Crippen molar-refractivity contribution in [2.45, 2.75) is 0 Å². The van der Waals surface area contributed by atoms with Crippen LogP contribution in [0.2, 0.25) is 0 Å². The molecule has 1 aliphatic rings. The number of aromatic nitrogens is 2. The molecule has 3 N–H and O–H groups in total. The van der Waals surface area contributed by atoms with E-state index in [1.54, 1.807) is 13.2 Å². The van der Waals surface area contributed by atoms with Gasteiger partial charge in [0.05, 0.1) is 26.0 Å². The summed E-state index contributed by atoms with van der Waals surface area (Å²) in [5.41, 5.74) is 8.64. The van der Waals surface area contributed by atoms with E-state index in [0.717, 1.165) is 49.0 Å². The predicted octanol–water partition coefficient (Wildman–Crippen LogP) is 1.50. The maximum atomic E-state index is 5.68. The molecule has 1 fully saturated rings. The molecule has 2 heterocycles.